The van der Waals surface area contributed by atoms with Crippen molar-refractivity contribution < 1.29 is 35.2 Å². The molecule has 0 bridgehead atoms. The van der Waals surface area contributed by atoms with Gasteiger partial charge in [-0.15, -0.1) is 0 Å². The SMILES string of the molecule is COc1ccc(C2Cc3cc(OC)cc(OS(=O)(=O)C(F)(F)F)c3C2)cc1. The lowest BCUT2D eigenvalue weighted by Gasteiger charge is -2.14. The molecular formula is C18H17F3O5S. The van der Waals surface area contributed by atoms with Crippen LogP contribution in [0.3, 0.4) is 0 Å². The maximum atomic E-state index is 12.7. The maximum Gasteiger partial charge on any atom is 0.534 e. The van der Waals surface area contributed by atoms with E-state index in [0.717, 1.165) is 5.56 Å². The monoisotopic (exact) mass is 402 g/mol. The highest BCUT2D eigenvalue weighted by Crippen LogP contribution is 2.42. The Labute approximate surface area is 154 Å². The van der Waals surface area contributed by atoms with Gasteiger partial charge in [0.25, 0.3) is 0 Å². The average molecular weight is 402 g/mol. The predicted molar refractivity (Wildman–Crippen MR) is 91.7 cm³/mol. The van der Waals surface area contributed by atoms with Crippen molar-refractivity contribution in [3.05, 3.63) is 53.1 Å². The van der Waals surface area contributed by atoms with E-state index in [2.05, 4.69) is 4.18 Å². The number of methoxy groups -OCH3 is 2. The first-order valence-electron chi connectivity index (χ1n) is 7.99. The highest BCUT2D eigenvalue weighted by Gasteiger charge is 2.49. The van der Waals surface area contributed by atoms with Gasteiger partial charge in [-0.25, -0.2) is 0 Å². The molecule has 0 heterocycles. The molecule has 1 aliphatic carbocycles. The van der Waals surface area contributed by atoms with Crippen LogP contribution in [0.2, 0.25) is 0 Å². The van der Waals surface area contributed by atoms with E-state index in [9.17, 15) is 21.6 Å². The molecule has 0 N–H and O–H groups in total. The van der Waals surface area contributed by atoms with Gasteiger partial charge in [-0.3, -0.25) is 0 Å². The molecule has 9 heteroatoms. The fraction of sp³-hybridized carbons (Fsp3) is 0.333. The zero-order valence-corrected chi connectivity index (χ0v) is 15.4. The molecule has 1 aliphatic rings. The summed E-state index contributed by atoms with van der Waals surface area (Å²) in [6.45, 7) is 0. The zero-order chi connectivity index (χ0) is 19.8. The lowest BCUT2D eigenvalue weighted by Crippen LogP contribution is -2.28. The quantitative estimate of drug-likeness (QED) is 0.562. The van der Waals surface area contributed by atoms with Crippen LogP contribution in [0.1, 0.15) is 22.6 Å². The van der Waals surface area contributed by atoms with Gasteiger partial charge >= 0.3 is 15.6 Å². The lowest BCUT2D eigenvalue weighted by atomic mass is 9.96. The van der Waals surface area contributed by atoms with E-state index in [1.54, 1.807) is 25.3 Å². The molecule has 0 aliphatic heterocycles. The van der Waals surface area contributed by atoms with Crippen molar-refractivity contribution in [2.24, 2.45) is 0 Å². The van der Waals surface area contributed by atoms with Crippen molar-refractivity contribution in [3.8, 4) is 17.2 Å². The van der Waals surface area contributed by atoms with Crippen LogP contribution in [0.5, 0.6) is 17.2 Å². The summed E-state index contributed by atoms with van der Waals surface area (Å²) in [5, 5.41) is 0. The Bertz CT molecular complexity index is 937. The van der Waals surface area contributed by atoms with E-state index in [1.165, 1.54) is 13.2 Å². The molecule has 27 heavy (non-hydrogen) atoms. The Hall–Kier alpha value is -2.42. The third-order valence-corrected chi connectivity index (χ3v) is 5.46. The molecule has 0 fully saturated rings. The fourth-order valence-electron chi connectivity index (χ4n) is 3.14. The van der Waals surface area contributed by atoms with Gasteiger partial charge in [0.2, 0.25) is 0 Å². The number of hydrogen-bond donors (Lipinski definition) is 0. The minimum Gasteiger partial charge on any atom is -0.497 e. The molecule has 5 nitrogen and oxygen atoms in total. The van der Waals surface area contributed by atoms with Crippen LogP contribution < -0.4 is 13.7 Å². The largest absolute Gasteiger partial charge is 0.534 e. The van der Waals surface area contributed by atoms with E-state index >= 15 is 0 Å². The van der Waals surface area contributed by atoms with E-state index in [0.29, 0.717) is 29.7 Å². The van der Waals surface area contributed by atoms with Crippen LogP contribution in [-0.2, 0) is 23.0 Å². The molecule has 0 radical (unpaired) electrons. The minimum absolute atomic E-state index is 0.0195. The molecule has 1 atom stereocenters. The number of hydrogen-bond acceptors (Lipinski definition) is 5. The standard InChI is InChI=1S/C18H17F3O5S/c1-24-14-5-3-11(4-6-14)12-7-13-8-15(25-2)10-17(16(13)9-12)26-27(22,23)18(19,20)21/h3-6,8,10,12H,7,9H2,1-2H3. The molecule has 2 aromatic carbocycles. The molecular weight excluding hydrogens is 385 g/mol. The van der Waals surface area contributed by atoms with Crippen LogP contribution in [0.25, 0.3) is 0 Å². The molecule has 146 valence electrons. The number of alkyl halides is 3. The Kier molecular flexibility index (Phi) is 4.98. The second kappa shape index (κ2) is 6.95. The van der Waals surface area contributed by atoms with Crippen LogP contribution in [0.4, 0.5) is 13.2 Å². The van der Waals surface area contributed by atoms with Gasteiger partial charge in [-0.1, -0.05) is 12.1 Å². The summed E-state index contributed by atoms with van der Waals surface area (Å²) in [7, 11) is -2.86. The van der Waals surface area contributed by atoms with Crippen molar-refractivity contribution in [1.29, 1.82) is 0 Å². The number of ether oxygens (including phenoxy) is 2. The van der Waals surface area contributed by atoms with Gasteiger partial charge < -0.3 is 13.7 Å². The number of fused-ring (bicyclic) bond motifs is 1. The molecule has 0 spiro atoms. The highest BCUT2D eigenvalue weighted by molar-refractivity contribution is 7.88. The summed E-state index contributed by atoms with van der Waals surface area (Å²) < 4.78 is 75.6. The van der Waals surface area contributed by atoms with Crippen LogP contribution >= 0.6 is 0 Å². The fourth-order valence-corrected chi connectivity index (χ4v) is 3.62. The molecule has 0 saturated heterocycles. The molecule has 0 amide bonds. The van der Waals surface area contributed by atoms with E-state index in [-0.39, 0.29) is 17.4 Å². The van der Waals surface area contributed by atoms with Gasteiger partial charge in [0.1, 0.15) is 17.2 Å². The molecule has 1 unspecified atom stereocenters. The predicted octanol–water partition coefficient (Wildman–Crippen LogP) is 3.81. The summed E-state index contributed by atoms with van der Waals surface area (Å²) in [6.07, 6.45) is 0.885. The van der Waals surface area contributed by atoms with Gasteiger partial charge in [-0.05, 0) is 48.1 Å². The maximum absolute atomic E-state index is 12.7. The first kappa shape index (κ1) is 19.3. The number of rotatable bonds is 5. The van der Waals surface area contributed by atoms with Crippen LogP contribution in [-0.4, -0.2) is 28.1 Å². The summed E-state index contributed by atoms with van der Waals surface area (Å²) >= 11 is 0. The van der Waals surface area contributed by atoms with Crippen molar-refractivity contribution >= 4 is 10.1 Å². The average Bonchev–Trinajstić information content (AvgIpc) is 3.05. The second-order valence-electron chi connectivity index (χ2n) is 6.12. The van der Waals surface area contributed by atoms with Gasteiger partial charge in [0.05, 0.1) is 14.2 Å². The molecule has 2 aromatic rings. The van der Waals surface area contributed by atoms with Gasteiger partial charge in [0.15, 0.2) is 0 Å². The summed E-state index contributed by atoms with van der Waals surface area (Å²) in [5.74, 6) is 0.555. The smallest absolute Gasteiger partial charge is 0.497 e. The van der Waals surface area contributed by atoms with E-state index < -0.39 is 15.6 Å². The molecule has 3 rings (SSSR count). The van der Waals surface area contributed by atoms with Gasteiger partial charge in [-0.2, -0.15) is 21.6 Å². The molecule has 0 saturated carbocycles. The molecule has 0 aromatic heterocycles. The third kappa shape index (κ3) is 3.83. The zero-order valence-electron chi connectivity index (χ0n) is 14.5. The summed E-state index contributed by atoms with van der Waals surface area (Å²) in [4.78, 5) is 0. The third-order valence-electron chi connectivity index (χ3n) is 4.50. The van der Waals surface area contributed by atoms with Crippen molar-refractivity contribution in [3.63, 3.8) is 0 Å². The number of benzene rings is 2. The first-order valence-corrected chi connectivity index (χ1v) is 9.40. The van der Waals surface area contributed by atoms with Crippen molar-refractivity contribution in [1.82, 2.24) is 0 Å². The van der Waals surface area contributed by atoms with Crippen LogP contribution in [0, 0.1) is 0 Å². The summed E-state index contributed by atoms with van der Waals surface area (Å²) in [6, 6.07) is 10.2. The van der Waals surface area contributed by atoms with E-state index in [4.69, 9.17) is 9.47 Å². The van der Waals surface area contributed by atoms with Crippen LogP contribution in [0.15, 0.2) is 36.4 Å². The second-order valence-corrected chi connectivity index (χ2v) is 7.66. The topological polar surface area (TPSA) is 61.8 Å². The Morgan fingerprint density at radius 2 is 1.59 bits per heavy atom. The normalized spacial score (nSPS) is 16.7. The van der Waals surface area contributed by atoms with Gasteiger partial charge in [0, 0.05) is 11.6 Å². The number of halogens is 3. The Morgan fingerprint density at radius 1 is 0.963 bits per heavy atom. The minimum atomic E-state index is -5.76. The first-order chi connectivity index (χ1) is 12.6. The van der Waals surface area contributed by atoms with Crippen molar-refractivity contribution in [2.45, 2.75) is 24.3 Å². The van der Waals surface area contributed by atoms with E-state index in [1.807, 2.05) is 12.1 Å². The highest BCUT2D eigenvalue weighted by atomic mass is 32.2. The Morgan fingerprint density at radius 3 is 2.15 bits per heavy atom. The summed E-state index contributed by atoms with van der Waals surface area (Å²) in [5.41, 5.74) is -3.40. The Balaban J connectivity index is 1.95. The lowest BCUT2D eigenvalue weighted by molar-refractivity contribution is -0.0500. The van der Waals surface area contributed by atoms with Crippen molar-refractivity contribution in [2.75, 3.05) is 14.2 Å².